The molecule has 0 N–H and O–H groups in total. The first kappa shape index (κ1) is 12.7. The third-order valence-corrected chi connectivity index (χ3v) is 2.70. The van der Waals surface area contributed by atoms with Crippen molar-refractivity contribution >= 4 is 10.1 Å². The molecule has 18 heavy (non-hydrogen) atoms. The van der Waals surface area contributed by atoms with Gasteiger partial charge in [-0.3, -0.25) is 9.17 Å². The summed E-state index contributed by atoms with van der Waals surface area (Å²) >= 11 is 0. The summed E-state index contributed by atoms with van der Waals surface area (Å²) in [6, 6.07) is 10.8. The molecule has 5 nitrogen and oxygen atoms in total. The van der Waals surface area contributed by atoms with E-state index in [4.69, 9.17) is 4.18 Å². The van der Waals surface area contributed by atoms with E-state index in [0.717, 1.165) is 11.9 Å². The second-order valence-corrected chi connectivity index (χ2v) is 5.34. The Hall–Kier alpha value is -1.79. The van der Waals surface area contributed by atoms with Gasteiger partial charge in [-0.25, -0.2) is 4.98 Å². The van der Waals surface area contributed by atoms with Crippen LogP contribution >= 0.6 is 0 Å². The van der Waals surface area contributed by atoms with Crippen LogP contribution in [0.3, 0.4) is 0 Å². The number of pyridine rings is 2. The Morgan fingerprint density at radius 2 is 1.89 bits per heavy atom. The van der Waals surface area contributed by atoms with Gasteiger partial charge in [0.15, 0.2) is 0 Å². The van der Waals surface area contributed by atoms with Gasteiger partial charge >= 0.3 is 0 Å². The largest absolute Gasteiger partial charge is 0.264 e. The smallest absolute Gasteiger partial charge is 0.264 e. The Bertz CT molecular complexity index is 627. The van der Waals surface area contributed by atoms with Gasteiger partial charge in [-0.2, -0.15) is 8.42 Å². The summed E-state index contributed by atoms with van der Waals surface area (Å²) in [5.74, 6) is 0. The van der Waals surface area contributed by atoms with E-state index in [9.17, 15) is 8.42 Å². The lowest BCUT2D eigenvalue weighted by molar-refractivity contribution is 0.307. The maximum absolute atomic E-state index is 10.9. The molecule has 0 fully saturated rings. The molecule has 6 heteroatoms. The van der Waals surface area contributed by atoms with E-state index in [0.29, 0.717) is 11.4 Å². The van der Waals surface area contributed by atoms with E-state index in [1.165, 1.54) is 0 Å². The number of nitrogens with zero attached hydrogens (tertiary/aromatic N) is 2. The van der Waals surface area contributed by atoms with E-state index in [-0.39, 0.29) is 6.61 Å². The highest BCUT2D eigenvalue weighted by atomic mass is 32.2. The molecule has 0 saturated carbocycles. The minimum Gasteiger partial charge on any atom is -0.264 e. The highest BCUT2D eigenvalue weighted by Crippen LogP contribution is 2.14. The molecule has 0 aliphatic heterocycles. The lowest BCUT2D eigenvalue weighted by Crippen LogP contribution is -2.04. The van der Waals surface area contributed by atoms with Gasteiger partial charge in [0.25, 0.3) is 10.1 Å². The molecule has 2 aromatic rings. The highest BCUT2D eigenvalue weighted by molar-refractivity contribution is 7.85. The standard InChI is InChI=1S/C12H12N2O3S/c1-18(15,16)17-9-10-5-4-7-12(14-10)11-6-2-3-8-13-11/h2-8H,9H2,1H3. The Morgan fingerprint density at radius 3 is 2.56 bits per heavy atom. The molecule has 2 rings (SSSR count). The normalized spacial score (nSPS) is 11.4. The summed E-state index contributed by atoms with van der Waals surface area (Å²) in [6.07, 6.45) is 2.69. The van der Waals surface area contributed by atoms with Crippen LogP contribution in [0.1, 0.15) is 5.69 Å². The maximum atomic E-state index is 10.9. The van der Waals surface area contributed by atoms with Gasteiger partial charge < -0.3 is 0 Å². The molecular formula is C12H12N2O3S. The fraction of sp³-hybridized carbons (Fsp3) is 0.167. The van der Waals surface area contributed by atoms with Crippen molar-refractivity contribution in [2.45, 2.75) is 6.61 Å². The number of aromatic nitrogens is 2. The molecule has 0 atom stereocenters. The zero-order valence-corrected chi connectivity index (χ0v) is 10.6. The van der Waals surface area contributed by atoms with Gasteiger partial charge in [0.2, 0.25) is 0 Å². The fourth-order valence-electron chi connectivity index (χ4n) is 1.38. The SMILES string of the molecule is CS(=O)(=O)OCc1cccc(-c2ccccn2)n1. The van der Waals surface area contributed by atoms with E-state index in [1.807, 2.05) is 24.3 Å². The molecule has 0 unspecified atom stereocenters. The zero-order valence-electron chi connectivity index (χ0n) is 9.78. The first-order chi connectivity index (χ1) is 8.54. The van der Waals surface area contributed by atoms with Crippen LogP contribution in [0.15, 0.2) is 42.6 Å². The Kier molecular flexibility index (Phi) is 3.69. The second-order valence-electron chi connectivity index (χ2n) is 3.70. The van der Waals surface area contributed by atoms with Crippen molar-refractivity contribution in [1.82, 2.24) is 9.97 Å². The van der Waals surface area contributed by atoms with Crippen molar-refractivity contribution < 1.29 is 12.6 Å². The quantitative estimate of drug-likeness (QED) is 0.785. The topological polar surface area (TPSA) is 69.2 Å². The lowest BCUT2D eigenvalue weighted by atomic mass is 10.2. The van der Waals surface area contributed by atoms with Gasteiger partial charge in [-0.1, -0.05) is 12.1 Å². The highest BCUT2D eigenvalue weighted by Gasteiger charge is 2.05. The number of rotatable bonds is 4. The Labute approximate surface area is 106 Å². The van der Waals surface area contributed by atoms with Crippen LogP contribution in [0, 0.1) is 0 Å². The van der Waals surface area contributed by atoms with Crippen molar-refractivity contribution in [1.29, 1.82) is 0 Å². The summed E-state index contributed by atoms with van der Waals surface area (Å²) in [6.45, 7) is -0.0699. The molecule has 0 spiro atoms. The summed E-state index contributed by atoms with van der Waals surface area (Å²) < 4.78 is 26.5. The summed E-state index contributed by atoms with van der Waals surface area (Å²) in [5, 5.41) is 0. The molecule has 0 aromatic carbocycles. The minimum absolute atomic E-state index is 0.0699. The molecule has 0 radical (unpaired) electrons. The van der Waals surface area contributed by atoms with Crippen molar-refractivity contribution in [3.63, 3.8) is 0 Å². The van der Waals surface area contributed by atoms with Crippen molar-refractivity contribution in [3.8, 4) is 11.4 Å². The molecule has 0 bridgehead atoms. The van der Waals surface area contributed by atoms with E-state index in [1.54, 1.807) is 18.3 Å². The average molecular weight is 264 g/mol. The van der Waals surface area contributed by atoms with Crippen LogP contribution in [0.5, 0.6) is 0 Å². The molecule has 2 heterocycles. The summed E-state index contributed by atoms with van der Waals surface area (Å²) in [4.78, 5) is 8.47. The number of hydrogen-bond donors (Lipinski definition) is 0. The third-order valence-electron chi connectivity index (χ3n) is 2.15. The molecule has 2 aromatic heterocycles. The predicted octanol–water partition coefficient (Wildman–Crippen LogP) is 1.62. The lowest BCUT2D eigenvalue weighted by Gasteiger charge is -2.04. The van der Waals surface area contributed by atoms with Gasteiger partial charge in [0.1, 0.15) is 6.61 Å². The Morgan fingerprint density at radius 1 is 1.11 bits per heavy atom. The van der Waals surface area contributed by atoms with Crippen LogP contribution in [-0.2, 0) is 20.9 Å². The minimum atomic E-state index is -3.46. The summed E-state index contributed by atoms with van der Waals surface area (Å²) in [7, 11) is -3.46. The van der Waals surface area contributed by atoms with Crippen LogP contribution in [0.25, 0.3) is 11.4 Å². The van der Waals surface area contributed by atoms with Gasteiger partial charge in [-0.15, -0.1) is 0 Å². The zero-order chi connectivity index (χ0) is 13.0. The molecule has 0 aliphatic carbocycles. The average Bonchev–Trinajstić information content (AvgIpc) is 2.37. The number of hydrogen-bond acceptors (Lipinski definition) is 5. The molecular weight excluding hydrogens is 252 g/mol. The molecule has 0 amide bonds. The summed E-state index contributed by atoms with van der Waals surface area (Å²) in [5.41, 5.74) is 1.97. The van der Waals surface area contributed by atoms with Crippen LogP contribution in [-0.4, -0.2) is 24.6 Å². The van der Waals surface area contributed by atoms with Crippen LogP contribution in [0.4, 0.5) is 0 Å². The Balaban J connectivity index is 2.21. The third kappa shape index (κ3) is 3.61. The first-order valence-corrected chi connectivity index (χ1v) is 7.08. The van der Waals surface area contributed by atoms with Gasteiger partial charge in [0, 0.05) is 6.20 Å². The van der Waals surface area contributed by atoms with Gasteiger partial charge in [0.05, 0.1) is 23.3 Å². The fourth-order valence-corrected chi connectivity index (χ4v) is 1.72. The first-order valence-electron chi connectivity index (χ1n) is 5.26. The maximum Gasteiger partial charge on any atom is 0.264 e. The monoisotopic (exact) mass is 264 g/mol. The van der Waals surface area contributed by atoms with Crippen LogP contribution < -0.4 is 0 Å². The van der Waals surface area contributed by atoms with Gasteiger partial charge in [-0.05, 0) is 24.3 Å². The predicted molar refractivity (Wildman–Crippen MR) is 67.1 cm³/mol. The van der Waals surface area contributed by atoms with Crippen molar-refractivity contribution in [2.75, 3.05) is 6.26 Å². The van der Waals surface area contributed by atoms with E-state index < -0.39 is 10.1 Å². The van der Waals surface area contributed by atoms with Crippen LogP contribution in [0.2, 0.25) is 0 Å². The molecule has 0 aliphatic rings. The van der Waals surface area contributed by atoms with E-state index >= 15 is 0 Å². The molecule has 0 saturated heterocycles. The molecule has 94 valence electrons. The van der Waals surface area contributed by atoms with Crippen molar-refractivity contribution in [3.05, 3.63) is 48.3 Å². The van der Waals surface area contributed by atoms with Crippen molar-refractivity contribution in [2.24, 2.45) is 0 Å². The second kappa shape index (κ2) is 5.24. The van der Waals surface area contributed by atoms with E-state index in [2.05, 4.69) is 9.97 Å².